The van der Waals surface area contributed by atoms with E-state index in [1.165, 1.54) is 0 Å². The maximum Gasteiger partial charge on any atom is 0.220 e. The predicted molar refractivity (Wildman–Crippen MR) is 65.8 cm³/mol. The molecule has 1 aliphatic carbocycles. The first-order valence-corrected chi connectivity index (χ1v) is 6.13. The van der Waals surface area contributed by atoms with Gasteiger partial charge in [-0.2, -0.15) is 12.6 Å². The van der Waals surface area contributed by atoms with Crippen molar-refractivity contribution in [1.82, 2.24) is 5.32 Å². The van der Waals surface area contributed by atoms with Gasteiger partial charge in [0, 0.05) is 18.9 Å². The van der Waals surface area contributed by atoms with Crippen molar-refractivity contribution in [2.24, 2.45) is 5.41 Å². The molecule has 84 valence electrons. The molecule has 15 heavy (non-hydrogen) atoms. The lowest BCUT2D eigenvalue weighted by Gasteiger charge is -2.17. The number of amides is 1. The number of nitrogens with one attached hydrogen (secondary N) is 1. The van der Waals surface area contributed by atoms with E-state index in [0.29, 0.717) is 12.8 Å². The Balaban J connectivity index is 2.32. The van der Waals surface area contributed by atoms with E-state index in [1.807, 2.05) is 6.92 Å². The van der Waals surface area contributed by atoms with Crippen molar-refractivity contribution in [2.75, 3.05) is 5.75 Å². The molecule has 1 atom stereocenters. The van der Waals surface area contributed by atoms with Crippen LogP contribution >= 0.6 is 12.6 Å². The molecule has 0 bridgehead atoms. The Morgan fingerprint density at radius 1 is 1.67 bits per heavy atom. The maximum atomic E-state index is 11.7. The maximum absolute atomic E-state index is 11.7. The van der Waals surface area contributed by atoms with Crippen molar-refractivity contribution in [3.8, 4) is 12.3 Å². The van der Waals surface area contributed by atoms with Crippen molar-refractivity contribution in [3.63, 3.8) is 0 Å². The van der Waals surface area contributed by atoms with Gasteiger partial charge in [0.15, 0.2) is 0 Å². The van der Waals surface area contributed by atoms with Crippen LogP contribution in [0.5, 0.6) is 0 Å². The van der Waals surface area contributed by atoms with E-state index >= 15 is 0 Å². The number of terminal acetylenes is 1. The summed E-state index contributed by atoms with van der Waals surface area (Å²) in [5, 5.41) is 2.98. The van der Waals surface area contributed by atoms with Crippen LogP contribution in [-0.4, -0.2) is 17.7 Å². The smallest absolute Gasteiger partial charge is 0.220 e. The van der Waals surface area contributed by atoms with Gasteiger partial charge in [-0.15, -0.1) is 12.3 Å². The van der Waals surface area contributed by atoms with Crippen LogP contribution in [0, 0.1) is 17.8 Å². The standard InChI is InChI=1S/C12H19NOS/c1-3-5-10(4-2)13-11(14)8-12(9-15)6-7-12/h1,10,15H,4-9H2,2H3,(H,13,14). The Labute approximate surface area is 97.6 Å². The number of carbonyl (C=O) groups excluding carboxylic acids is 1. The molecule has 0 radical (unpaired) electrons. The van der Waals surface area contributed by atoms with Gasteiger partial charge < -0.3 is 5.32 Å². The number of thiol groups is 1. The number of hydrogen-bond donors (Lipinski definition) is 2. The summed E-state index contributed by atoms with van der Waals surface area (Å²) in [4.78, 5) is 11.7. The van der Waals surface area contributed by atoms with Crippen LogP contribution in [-0.2, 0) is 4.79 Å². The van der Waals surface area contributed by atoms with Gasteiger partial charge in [0.05, 0.1) is 0 Å². The Bertz CT molecular complexity index is 265. The van der Waals surface area contributed by atoms with Gasteiger partial charge in [-0.05, 0) is 30.4 Å². The molecule has 0 spiro atoms. The molecule has 0 aromatic carbocycles. The highest BCUT2D eigenvalue weighted by Crippen LogP contribution is 2.49. The number of rotatable bonds is 6. The van der Waals surface area contributed by atoms with Crippen molar-refractivity contribution in [2.45, 2.75) is 45.1 Å². The first kappa shape index (κ1) is 12.4. The summed E-state index contributed by atoms with van der Waals surface area (Å²) in [6.45, 7) is 2.04. The topological polar surface area (TPSA) is 29.1 Å². The molecule has 1 fully saturated rings. The molecule has 1 saturated carbocycles. The summed E-state index contributed by atoms with van der Waals surface area (Å²) in [6.07, 6.45) is 9.63. The lowest BCUT2D eigenvalue weighted by Crippen LogP contribution is -2.35. The molecule has 0 heterocycles. The first-order chi connectivity index (χ1) is 7.15. The van der Waals surface area contributed by atoms with Gasteiger partial charge in [0.1, 0.15) is 0 Å². The van der Waals surface area contributed by atoms with Gasteiger partial charge in [0.25, 0.3) is 0 Å². The van der Waals surface area contributed by atoms with Gasteiger partial charge in [-0.1, -0.05) is 6.92 Å². The summed E-state index contributed by atoms with van der Waals surface area (Å²) in [6, 6.07) is 0.137. The van der Waals surface area contributed by atoms with Crippen LogP contribution in [0.3, 0.4) is 0 Å². The number of hydrogen-bond acceptors (Lipinski definition) is 2. The van der Waals surface area contributed by atoms with Gasteiger partial charge in [-0.25, -0.2) is 0 Å². The minimum Gasteiger partial charge on any atom is -0.352 e. The van der Waals surface area contributed by atoms with E-state index in [9.17, 15) is 4.79 Å². The first-order valence-electron chi connectivity index (χ1n) is 5.49. The van der Waals surface area contributed by atoms with E-state index in [0.717, 1.165) is 25.0 Å². The van der Waals surface area contributed by atoms with Crippen LogP contribution < -0.4 is 5.32 Å². The summed E-state index contributed by atoms with van der Waals surface area (Å²) in [5.74, 6) is 3.53. The van der Waals surface area contributed by atoms with Crippen LogP contribution in [0.15, 0.2) is 0 Å². The molecule has 1 rings (SSSR count). The molecule has 1 amide bonds. The van der Waals surface area contributed by atoms with Gasteiger partial charge >= 0.3 is 0 Å². The van der Waals surface area contributed by atoms with Crippen molar-refractivity contribution >= 4 is 18.5 Å². The number of carbonyl (C=O) groups is 1. The lowest BCUT2D eigenvalue weighted by atomic mass is 10.0. The molecule has 1 aliphatic rings. The third kappa shape index (κ3) is 3.79. The SMILES string of the molecule is C#CCC(CC)NC(=O)CC1(CS)CC1. The largest absolute Gasteiger partial charge is 0.352 e. The Hall–Kier alpha value is -0.620. The van der Waals surface area contributed by atoms with Crippen molar-refractivity contribution in [3.05, 3.63) is 0 Å². The molecule has 0 aromatic heterocycles. The Morgan fingerprint density at radius 3 is 2.73 bits per heavy atom. The van der Waals surface area contributed by atoms with E-state index in [4.69, 9.17) is 6.42 Å². The highest BCUT2D eigenvalue weighted by Gasteiger charge is 2.42. The Kier molecular flexibility index (Phi) is 4.53. The normalized spacial score (nSPS) is 19.0. The molecular weight excluding hydrogens is 206 g/mol. The van der Waals surface area contributed by atoms with Crippen LogP contribution in [0.4, 0.5) is 0 Å². The van der Waals surface area contributed by atoms with Crippen LogP contribution in [0.2, 0.25) is 0 Å². The zero-order chi connectivity index (χ0) is 11.3. The predicted octanol–water partition coefficient (Wildman–Crippen LogP) is 2.00. The van der Waals surface area contributed by atoms with Crippen LogP contribution in [0.25, 0.3) is 0 Å². The fourth-order valence-electron chi connectivity index (χ4n) is 1.63. The van der Waals surface area contributed by atoms with Crippen molar-refractivity contribution in [1.29, 1.82) is 0 Å². The molecule has 3 heteroatoms. The molecule has 1 unspecified atom stereocenters. The summed E-state index contributed by atoms with van der Waals surface area (Å²) < 4.78 is 0. The fraction of sp³-hybridized carbons (Fsp3) is 0.750. The van der Waals surface area contributed by atoms with Gasteiger partial charge in [-0.3, -0.25) is 4.79 Å². The third-order valence-corrected chi connectivity index (χ3v) is 3.72. The third-order valence-electron chi connectivity index (χ3n) is 3.05. The molecule has 0 saturated heterocycles. The average molecular weight is 225 g/mol. The summed E-state index contributed by atoms with van der Waals surface area (Å²) in [5.41, 5.74) is 0.196. The van der Waals surface area contributed by atoms with Crippen molar-refractivity contribution < 1.29 is 4.79 Å². The highest BCUT2D eigenvalue weighted by atomic mass is 32.1. The summed E-state index contributed by atoms with van der Waals surface area (Å²) >= 11 is 4.28. The minimum atomic E-state index is 0.128. The second kappa shape index (κ2) is 5.46. The van der Waals surface area contributed by atoms with E-state index in [-0.39, 0.29) is 17.4 Å². The average Bonchev–Trinajstić information content (AvgIpc) is 2.97. The van der Waals surface area contributed by atoms with E-state index in [1.54, 1.807) is 0 Å². The lowest BCUT2D eigenvalue weighted by molar-refractivity contribution is -0.122. The second-order valence-electron chi connectivity index (χ2n) is 4.42. The monoisotopic (exact) mass is 225 g/mol. The highest BCUT2D eigenvalue weighted by molar-refractivity contribution is 7.80. The van der Waals surface area contributed by atoms with Crippen LogP contribution in [0.1, 0.15) is 39.0 Å². The zero-order valence-electron chi connectivity index (χ0n) is 9.25. The molecule has 0 aromatic rings. The zero-order valence-corrected chi connectivity index (χ0v) is 10.1. The fourth-order valence-corrected chi connectivity index (χ4v) is 2.05. The molecule has 2 nitrogen and oxygen atoms in total. The minimum absolute atomic E-state index is 0.128. The molecule has 0 aliphatic heterocycles. The summed E-state index contributed by atoms with van der Waals surface area (Å²) in [7, 11) is 0. The quantitative estimate of drug-likeness (QED) is 0.525. The second-order valence-corrected chi connectivity index (χ2v) is 4.73. The Morgan fingerprint density at radius 2 is 2.33 bits per heavy atom. The van der Waals surface area contributed by atoms with E-state index < -0.39 is 0 Å². The van der Waals surface area contributed by atoms with E-state index in [2.05, 4.69) is 23.9 Å². The molecular formula is C12H19NOS. The van der Waals surface area contributed by atoms with Gasteiger partial charge in [0.2, 0.25) is 5.91 Å². The molecule has 1 N–H and O–H groups in total.